The van der Waals surface area contributed by atoms with Crippen molar-refractivity contribution in [1.29, 1.82) is 0 Å². The van der Waals surface area contributed by atoms with Crippen LogP contribution in [0, 0.1) is 5.41 Å². The van der Waals surface area contributed by atoms with Gasteiger partial charge in [-0.3, -0.25) is 4.90 Å². The maximum atomic E-state index is 8.87. The molecule has 0 aliphatic carbocycles. The van der Waals surface area contributed by atoms with E-state index in [1.807, 2.05) is 0 Å². The van der Waals surface area contributed by atoms with Crippen molar-refractivity contribution in [2.75, 3.05) is 25.0 Å². The van der Waals surface area contributed by atoms with Crippen LogP contribution in [0.1, 0.15) is 39.5 Å². The predicted octanol–water partition coefficient (Wildman–Crippen LogP) is 2.64. The summed E-state index contributed by atoms with van der Waals surface area (Å²) in [5, 5.41) is 9.92. The zero-order chi connectivity index (χ0) is 11.3. The molecule has 0 bridgehead atoms. The van der Waals surface area contributed by atoms with Gasteiger partial charge in [0.15, 0.2) is 0 Å². The Morgan fingerprint density at radius 3 is 2.80 bits per heavy atom. The molecule has 3 heteroatoms. The number of alkyl halides is 1. The van der Waals surface area contributed by atoms with E-state index in [0.717, 1.165) is 24.2 Å². The highest BCUT2D eigenvalue weighted by Crippen LogP contribution is 2.27. The number of rotatable bonds is 6. The molecule has 1 atom stereocenters. The Morgan fingerprint density at radius 1 is 1.47 bits per heavy atom. The molecule has 1 N–H and O–H groups in total. The van der Waals surface area contributed by atoms with Crippen molar-refractivity contribution in [3.8, 4) is 0 Å². The molecule has 1 rings (SSSR count). The van der Waals surface area contributed by atoms with Gasteiger partial charge in [-0.1, -0.05) is 29.8 Å². The molecule has 15 heavy (non-hydrogen) atoms. The molecular weight excluding hydrogens is 254 g/mol. The fraction of sp³-hybridized carbons (Fsp3) is 1.00. The van der Waals surface area contributed by atoms with Gasteiger partial charge in [0, 0.05) is 24.5 Å². The Labute approximate surface area is 102 Å². The van der Waals surface area contributed by atoms with E-state index in [1.165, 1.54) is 25.9 Å². The van der Waals surface area contributed by atoms with Crippen molar-refractivity contribution < 1.29 is 5.11 Å². The summed E-state index contributed by atoms with van der Waals surface area (Å²) < 4.78 is 0. The molecule has 1 fully saturated rings. The third-order valence-corrected chi connectivity index (χ3v) is 4.71. The highest BCUT2D eigenvalue weighted by molar-refractivity contribution is 9.09. The number of aliphatic hydroxyl groups excluding tert-OH is 1. The number of hydrogen-bond acceptors (Lipinski definition) is 2. The predicted molar refractivity (Wildman–Crippen MR) is 68.5 cm³/mol. The van der Waals surface area contributed by atoms with Crippen LogP contribution in [0.15, 0.2) is 0 Å². The first kappa shape index (κ1) is 13.5. The first-order valence-corrected chi connectivity index (χ1v) is 7.12. The van der Waals surface area contributed by atoms with E-state index >= 15 is 0 Å². The fourth-order valence-corrected chi connectivity index (χ4v) is 2.53. The normalized spacial score (nSPS) is 23.6. The molecular formula is C12H24BrNO. The molecule has 90 valence electrons. The molecule has 0 aromatic carbocycles. The van der Waals surface area contributed by atoms with Crippen molar-refractivity contribution in [2.24, 2.45) is 5.41 Å². The summed E-state index contributed by atoms with van der Waals surface area (Å²) in [4.78, 5) is 2.61. The Kier molecular flexibility index (Phi) is 5.58. The van der Waals surface area contributed by atoms with Gasteiger partial charge in [0.25, 0.3) is 0 Å². The van der Waals surface area contributed by atoms with Crippen LogP contribution < -0.4 is 0 Å². The molecule has 0 saturated carbocycles. The van der Waals surface area contributed by atoms with Crippen LogP contribution in [0.4, 0.5) is 0 Å². The van der Waals surface area contributed by atoms with E-state index in [4.69, 9.17) is 5.11 Å². The van der Waals surface area contributed by atoms with Crippen LogP contribution in [0.25, 0.3) is 0 Å². The second-order valence-electron chi connectivity index (χ2n) is 5.43. The number of nitrogens with zero attached hydrogens (tertiary/aromatic N) is 1. The Morgan fingerprint density at radius 2 is 2.20 bits per heavy atom. The highest BCUT2D eigenvalue weighted by atomic mass is 79.9. The van der Waals surface area contributed by atoms with Crippen molar-refractivity contribution in [1.82, 2.24) is 4.90 Å². The third kappa shape index (κ3) is 4.41. The second kappa shape index (κ2) is 6.21. The molecule has 1 unspecified atom stereocenters. The molecule has 1 saturated heterocycles. The van der Waals surface area contributed by atoms with Crippen molar-refractivity contribution in [3.05, 3.63) is 0 Å². The minimum absolute atomic E-state index is 0.339. The van der Waals surface area contributed by atoms with Crippen LogP contribution in [-0.2, 0) is 0 Å². The molecule has 1 heterocycles. The van der Waals surface area contributed by atoms with Gasteiger partial charge in [0.2, 0.25) is 0 Å². The zero-order valence-corrected chi connectivity index (χ0v) is 11.6. The fourth-order valence-electron chi connectivity index (χ4n) is 2.35. The molecule has 2 nitrogen and oxygen atoms in total. The Bertz CT molecular complexity index is 184. The summed E-state index contributed by atoms with van der Waals surface area (Å²) in [5.74, 6) is 0. The van der Waals surface area contributed by atoms with Gasteiger partial charge < -0.3 is 5.11 Å². The second-order valence-corrected chi connectivity index (χ2v) is 5.99. The van der Waals surface area contributed by atoms with Crippen LogP contribution in [0.3, 0.4) is 0 Å². The summed E-state index contributed by atoms with van der Waals surface area (Å²) in [5.41, 5.74) is 0.363. The number of hydrogen-bond donors (Lipinski definition) is 1. The monoisotopic (exact) mass is 277 g/mol. The average Bonchev–Trinajstić information content (AvgIpc) is 2.62. The summed E-state index contributed by atoms with van der Waals surface area (Å²) in [7, 11) is 0. The molecule has 0 amide bonds. The maximum absolute atomic E-state index is 8.87. The highest BCUT2D eigenvalue weighted by Gasteiger charge is 2.28. The van der Waals surface area contributed by atoms with Crippen molar-refractivity contribution >= 4 is 15.9 Å². The third-order valence-electron chi connectivity index (χ3n) is 3.19. The largest absolute Gasteiger partial charge is 0.396 e. The van der Waals surface area contributed by atoms with Crippen molar-refractivity contribution in [3.63, 3.8) is 0 Å². The Balaban J connectivity index is 2.39. The summed E-state index contributed by atoms with van der Waals surface area (Å²) >= 11 is 3.58. The van der Waals surface area contributed by atoms with Gasteiger partial charge in [-0.2, -0.15) is 0 Å². The lowest BCUT2D eigenvalue weighted by Crippen LogP contribution is -2.38. The van der Waals surface area contributed by atoms with Crippen LogP contribution in [0.2, 0.25) is 0 Å². The summed E-state index contributed by atoms with van der Waals surface area (Å²) in [6, 6.07) is 0.718. The summed E-state index contributed by atoms with van der Waals surface area (Å²) in [6.45, 7) is 7.37. The van der Waals surface area contributed by atoms with Gasteiger partial charge in [0.05, 0.1) is 0 Å². The maximum Gasteiger partial charge on any atom is 0.0431 e. The van der Waals surface area contributed by atoms with E-state index in [9.17, 15) is 0 Å². The lowest BCUT2D eigenvalue weighted by molar-refractivity contribution is 0.165. The molecule has 0 aromatic rings. The lowest BCUT2D eigenvalue weighted by atomic mass is 9.95. The lowest BCUT2D eigenvalue weighted by Gasteiger charge is -2.32. The van der Waals surface area contributed by atoms with Crippen LogP contribution in [0.5, 0.6) is 0 Å². The number of halogens is 1. The van der Waals surface area contributed by atoms with Crippen LogP contribution >= 0.6 is 15.9 Å². The average molecular weight is 278 g/mol. The van der Waals surface area contributed by atoms with Crippen molar-refractivity contribution in [2.45, 2.75) is 45.6 Å². The molecule has 1 aliphatic heterocycles. The molecule has 1 aliphatic rings. The van der Waals surface area contributed by atoms with E-state index in [0.29, 0.717) is 12.0 Å². The minimum Gasteiger partial charge on any atom is -0.396 e. The van der Waals surface area contributed by atoms with Gasteiger partial charge in [-0.05, 0) is 37.6 Å². The van der Waals surface area contributed by atoms with Gasteiger partial charge in [0.1, 0.15) is 0 Å². The minimum atomic E-state index is 0.339. The van der Waals surface area contributed by atoms with E-state index in [-0.39, 0.29) is 0 Å². The van der Waals surface area contributed by atoms with Gasteiger partial charge in [-0.15, -0.1) is 0 Å². The van der Waals surface area contributed by atoms with Gasteiger partial charge >= 0.3 is 0 Å². The van der Waals surface area contributed by atoms with E-state index < -0.39 is 0 Å². The number of likely N-dealkylation sites (tertiary alicyclic amines) is 1. The standard InChI is InChI=1S/C12H24BrNO/c1-12(2,9-13)10-14-7-3-5-11(14)6-4-8-15/h11,15H,3-10H2,1-2H3. The van der Waals surface area contributed by atoms with E-state index in [2.05, 4.69) is 34.7 Å². The molecule has 0 radical (unpaired) electrons. The first-order valence-electron chi connectivity index (χ1n) is 6.00. The van der Waals surface area contributed by atoms with Crippen LogP contribution in [-0.4, -0.2) is 41.1 Å². The smallest absolute Gasteiger partial charge is 0.0431 e. The first-order chi connectivity index (χ1) is 7.09. The molecule has 0 aromatic heterocycles. The summed E-state index contributed by atoms with van der Waals surface area (Å²) in [6.07, 6.45) is 4.76. The van der Waals surface area contributed by atoms with Gasteiger partial charge in [-0.25, -0.2) is 0 Å². The zero-order valence-electron chi connectivity index (χ0n) is 10.0. The quantitative estimate of drug-likeness (QED) is 0.755. The SMILES string of the molecule is CC(C)(CBr)CN1CCCC1CCCO. The number of aliphatic hydroxyl groups is 1. The topological polar surface area (TPSA) is 23.5 Å². The Hall–Kier alpha value is 0.400. The molecule has 0 spiro atoms. The van der Waals surface area contributed by atoms with E-state index in [1.54, 1.807) is 0 Å².